The van der Waals surface area contributed by atoms with E-state index in [0.29, 0.717) is 6.04 Å². The highest BCUT2D eigenvalue weighted by atomic mass is 15.1. The summed E-state index contributed by atoms with van der Waals surface area (Å²) in [7, 11) is 1.85. The molecule has 0 amide bonds. The molecule has 1 aromatic rings. The van der Waals surface area contributed by atoms with E-state index in [1.54, 1.807) is 12.4 Å². The monoisotopic (exact) mass is 192 g/mol. The maximum absolute atomic E-state index is 4.37. The standard InChI is InChI=1S/C10H16N4/c1-11-9-6-12-7-10(14-9)13-8-4-2-3-5-8/h6-8H,2-5H2,1H3,(H2,11,13,14). The summed E-state index contributed by atoms with van der Waals surface area (Å²) in [4.78, 5) is 8.48. The molecule has 14 heavy (non-hydrogen) atoms. The van der Waals surface area contributed by atoms with Gasteiger partial charge in [0, 0.05) is 13.1 Å². The second-order valence-electron chi connectivity index (χ2n) is 3.67. The Morgan fingerprint density at radius 3 is 2.64 bits per heavy atom. The molecule has 2 N–H and O–H groups in total. The van der Waals surface area contributed by atoms with Crippen LogP contribution in [0.25, 0.3) is 0 Å². The molecule has 1 aliphatic carbocycles. The van der Waals surface area contributed by atoms with Crippen molar-refractivity contribution in [3.05, 3.63) is 12.4 Å². The van der Waals surface area contributed by atoms with Gasteiger partial charge in [0.15, 0.2) is 0 Å². The molecule has 0 aliphatic heterocycles. The van der Waals surface area contributed by atoms with Crippen LogP contribution < -0.4 is 10.6 Å². The number of aromatic nitrogens is 2. The quantitative estimate of drug-likeness (QED) is 0.767. The van der Waals surface area contributed by atoms with E-state index in [4.69, 9.17) is 0 Å². The van der Waals surface area contributed by atoms with Gasteiger partial charge < -0.3 is 10.6 Å². The first-order chi connectivity index (χ1) is 6.88. The summed E-state index contributed by atoms with van der Waals surface area (Å²) < 4.78 is 0. The normalized spacial score (nSPS) is 16.9. The van der Waals surface area contributed by atoms with Gasteiger partial charge in [-0.1, -0.05) is 12.8 Å². The Labute approximate surface area is 84.2 Å². The third kappa shape index (κ3) is 2.13. The molecule has 1 aromatic heterocycles. The van der Waals surface area contributed by atoms with Gasteiger partial charge >= 0.3 is 0 Å². The number of hydrogen-bond acceptors (Lipinski definition) is 4. The van der Waals surface area contributed by atoms with Gasteiger partial charge in [0.05, 0.1) is 12.4 Å². The van der Waals surface area contributed by atoms with Crippen LogP contribution in [0.4, 0.5) is 11.6 Å². The Kier molecular flexibility index (Phi) is 2.81. The van der Waals surface area contributed by atoms with Gasteiger partial charge in [-0.2, -0.15) is 0 Å². The smallest absolute Gasteiger partial charge is 0.147 e. The van der Waals surface area contributed by atoms with E-state index in [2.05, 4.69) is 20.6 Å². The first-order valence-corrected chi connectivity index (χ1v) is 5.15. The average Bonchev–Trinajstić information content (AvgIpc) is 2.71. The van der Waals surface area contributed by atoms with E-state index < -0.39 is 0 Å². The summed E-state index contributed by atoms with van der Waals surface area (Å²) in [5, 5.41) is 6.38. The van der Waals surface area contributed by atoms with Gasteiger partial charge in [0.1, 0.15) is 11.6 Å². The van der Waals surface area contributed by atoms with Crippen LogP contribution in [0.3, 0.4) is 0 Å². The summed E-state index contributed by atoms with van der Waals surface area (Å²) in [6.45, 7) is 0. The van der Waals surface area contributed by atoms with E-state index in [1.807, 2.05) is 7.05 Å². The van der Waals surface area contributed by atoms with E-state index in [1.165, 1.54) is 25.7 Å². The third-order valence-electron chi connectivity index (χ3n) is 2.60. The molecule has 0 spiro atoms. The fourth-order valence-corrected chi connectivity index (χ4v) is 1.84. The average molecular weight is 192 g/mol. The SMILES string of the molecule is CNc1cncc(NC2CCCC2)n1. The first-order valence-electron chi connectivity index (χ1n) is 5.15. The molecule has 0 saturated heterocycles. The van der Waals surface area contributed by atoms with Crippen molar-refractivity contribution >= 4 is 11.6 Å². The van der Waals surface area contributed by atoms with E-state index in [0.717, 1.165) is 11.6 Å². The van der Waals surface area contributed by atoms with Crippen LogP contribution in [-0.2, 0) is 0 Å². The fourth-order valence-electron chi connectivity index (χ4n) is 1.84. The topological polar surface area (TPSA) is 49.8 Å². The largest absolute Gasteiger partial charge is 0.372 e. The number of nitrogens with one attached hydrogen (secondary N) is 2. The summed E-state index contributed by atoms with van der Waals surface area (Å²) >= 11 is 0. The molecular formula is C10H16N4. The summed E-state index contributed by atoms with van der Waals surface area (Å²) in [6, 6.07) is 0.594. The van der Waals surface area contributed by atoms with Crippen molar-refractivity contribution in [2.75, 3.05) is 17.7 Å². The van der Waals surface area contributed by atoms with Crippen molar-refractivity contribution in [3.8, 4) is 0 Å². The van der Waals surface area contributed by atoms with Crippen LogP contribution in [0.2, 0.25) is 0 Å². The van der Waals surface area contributed by atoms with E-state index >= 15 is 0 Å². The highest BCUT2D eigenvalue weighted by molar-refractivity contribution is 5.41. The zero-order valence-electron chi connectivity index (χ0n) is 8.45. The van der Waals surface area contributed by atoms with Gasteiger partial charge in [0.2, 0.25) is 0 Å². The number of anilines is 2. The molecule has 0 unspecified atom stereocenters. The Hall–Kier alpha value is -1.32. The number of nitrogens with zero attached hydrogens (tertiary/aromatic N) is 2. The molecule has 0 bridgehead atoms. The maximum atomic E-state index is 4.37. The minimum Gasteiger partial charge on any atom is -0.372 e. The molecule has 76 valence electrons. The zero-order chi connectivity index (χ0) is 9.80. The molecule has 1 aliphatic rings. The van der Waals surface area contributed by atoms with Crippen molar-refractivity contribution in [1.82, 2.24) is 9.97 Å². The first kappa shape index (κ1) is 9.24. The van der Waals surface area contributed by atoms with Gasteiger partial charge in [-0.25, -0.2) is 4.98 Å². The van der Waals surface area contributed by atoms with Crippen LogP contribution in [0.1, 0.15) is 25.7 Å². The van der Waals surface area contributed by atoms with E-state index in [9.17, 15) is 0 Å². The lowest BCUT2D eigenvalue weighted by atomic mass is 10.2. The molecular weight excluding hydrogens is 176 g/mol. The van der Waals surface area contributed by atoms with Crippen molar-refractivity contribution < 1.29 is 0 Å². The van der Waals surface area contributed by atoms with Crippen LogP contribution in [-0.4, -0.2) is 23.1 Å². The lowest BCUT2D eigenvalue weighted by Gasteiger charge is -2.12. The maximum Gasteiger partial charge on any atom is 0.147 e. The molecule has 0 radical (unpaired) electrons. The molecule has 0 aromatic carbocycles. The van der Waals surface area contributed by atoms with Gasteiger partial charge in [0.25, 0.3) is 0 Å². The Morgan fingerprint density at radius 2 is 1.93 bits per heavy atom. The lowest BCUT2D eigenvalue weighted by molar-refractivity contribution is 0.749. The van der Waals surface area contributed by atoms with Crippen molar-refractivity contribution in [2.24, 2.45) is 0 Å². The molecule has 1 heterocycles. The van der Waals surface area contributed by atoms with Crippen molar-refractivity contribution in [2.45, 2.75) is 31.7 Å². The molecule has 0 atom stereocenters. The second kappa shape index (κ2) is 4.26. The van der Waals surface area contributed by atoms with Crippen LogP contribution in [0.5, 0.6) is 0 Å². The van der Waals surface area contributed by atoms with E-state index in [-0.39, 0.29) is 0 Å². The van der Waals surface area contributed by atoms with Gasteiger partial charge in [-0.05, 0) is 12.8 Å². The Morgan fingerprint density at radius 1 is 1.21 bits per heavy atom. The highest BCUT2D eigenvalue weighted by Gasteiger charge is 2.14. The fraction of sp³-hybridized carbons (Fsp3) is 0.600. The Bertz CT molecular complexity index is 294. The van der Waals surface area contributed by atoms with Crippen molar-refractivity contribution in [3.63, 3.8) is 0 Å². The zero-order valence-corrected chi connectivity index (χ0v) is 8.45. The predicted octanol–water partition coefficient (Wildman–Crippen LogP) is 1.87. The van der Waals surface area contributed by atoms with Crippen molar-refractivity contribution in [1.29, 1.82) is 0 Å². The molecule has 4 nitrogen and oxygen atoms in total. The molecule has 2 rings (SSSR count). The minimum atomic E-state index is 0.594. The van der Waals surface area contributed by atoms with Crippen LogP contribution in [0, 0.1) is 0 Å². The third-order valence-corrected chi connectivity index (χ3v) is 2.60. The Balaban J connectivity index is 2.00. The minimum absolute atomic E-state index is 0.594. The molecule has 1 saturated carbocycles. The molecule has 1 fully saturated rings. The molecule has 4 heteroatoms. The number of hydrogen-bond donors (Lipinski definition) is 2. The number of rotatable bonds is 3. The summed E-state index contributed by atoms with van der Waals surface area (Å²) in [5.74, 6) is 1.69. The van der Waals surface area contributed by atoms with Gasteiger partial charge in [-0.3, -0.25) is 4.98 Å². The van der Waals surface area contributed by atoms with Crippen LogP contribution in [0.15, 0.2) is 12.4 Å². The van der Waals surface area contributed by atoms with Crippen LogP contribution >= 0.6 is 0 Å². The second-order valence-corrected chi connectivity index (χ2v) is 3.67. The summed E-state index contributed by atoms with van der Waals surface area (Å²) in [6.07, 6.45) is 8.67. The summed E-state index contributed by atoms with van der Waals surface area (Å²) in [5.41, 5.74) is 0. The predicted molar refractivity (Wildman–Crippen MR) is 57.5 cm³/mol. The van der Waals surface area contributed by atoms with Gasteiger partial charge in [-0.15, -0.1) is 0 Å². The lowest BCUT2D eigenvalue weighted by Crippen LogP contribution is -2.15. The highest BCUT2D eigenvalue weighted by Crippen LogP contribution is 2.21.